The van der Waals surface area contributed by atoms with E-state index in [1.165, 1.54) is 11.1 Å². The zero-order valence-corrected chi connectivity index (χ0v) is 11.7. The maximum Gasteiger partial charge on any atom is 0.125 e. The van der Waals surface area contributed by atoms with Gasteiger partial charge in [0.05, 0.1) is 12.7 Å². The van der Waals surface area contributed by atoms with Crippen molar-refractivity contribution in [2.24, 2.45) is 5.41 Å². The zero-order chi connectivity index (χ0) is 13.2. The molecule has 0 saturated carbocycles. The van der Waals surface area contributed by atoms with E-state index in [-0.39, 0.29) is 11.5 Å². The topological polar surface area (TPSA) is 29.5 Å². The molecule has 0 aromatic heterocycles. The largest absolute Gasteiger partial charge is 0.493 e. The molecule has 0 aliphatic carbocycles. The number of benzene rings is 1. The first kappa shape index (κ1) is 13.4. The fourth-order valence-electron chi connectivity index (χ4n) is 2.38. The second-order valence-corrected chi connectivity index (χ2v) is 6.28. The number of fused-ring (bicyclic) bond motifs is 1. The maximum absolute atomic E-state index is 10.1. The number of para-hydroxylation sites is 1. The minimum atomic E-state index is -0.267. The first-order chi connectivity index (χ1) is 8.48. The summed E-state index contributed by atoms with van der Waals surface area (Å²) in [6, 6.07) is 6.38. The van der Waals surface area contributed by atoms with Gasteiger partial charge in [0, 0.05) is 0 Å². The van der Waals surface area contributed by atoms with Gasteiger partial charge in [-0.2, -0.15) is 0 Å². The Morgan fingerprint density at radius 3 is 2.83 bits per heavy atom. The molecule has 1 unspecified atom stereocenters. The van der Waals surface area contributed by atoms with Crippen molar-refractivity contribution >= 4 is 0 Å². The normalized spacial score (nSPS) is 16.9. The maximum atomic E-state index is 10.1. The molecule has 0 saturated heterocycles. The van der Waals surface area contributed by atoms with E-state index in [1.807, 2.05) is 0 Å². The Morgan fingerprint density at radius 2 is 2.11 bits per heavy atom. The third-order valence-electron chi connectivity index (χ3n) is 3.70. The van der Waals surface area contributed by atoms with Crippen LogP contribution in [0.4, 0.5) is 0 Å². The Balaban J connectivity index is 2.06. The van der Waals surface area contributed by atoms with Gasteiger partial charge in [0.15, 0.2) is 0 Å². The molecule has 0 amide bonds. The summed E-state index contributed by atoms with van der Waals surface area (Å²) in [4.78, 5) is 0. The predicted molar refractivity (Wildman–Crippen MR) is 74.0 cm³/mol. The summed E-state index contributed by atoms with van der Waals surface area (Å²) in [5.74, 6) is 1.07. The van der Waals surface area contributed by atoms with E-state index in [0.717, 1.165) is 38.0 Å². The van der Waals surface area contributed by atoms with E-state index in [2.05, 4.69) is 39.0 Å². The molecule has 18 heavy (non-hydrogen) atoms. The SMILES string of the molecule is CC(C)(C)C(O)CCc1cccc2c1OCCC2. The molecular formula is C16H24O2. The first-order valence-electron chi connectivity index (χ1n) is 6.90. The number of hydrogen-bond acceptors (Lipinski definition) is 2. The second-order valence-electron chi connectivity index (χ2n) is 6.28. The zero-order valence-electron chi connectivity index (χ0n) is 11.7. The van der Waals surface area contributed by atoms with E-state index in [1.54, 1.807) is 0 Å². The molecule has 100 valence electrons. The summed E-state index contributed by atoms with van der Waals surface area (Å²) >= 11 is 0. The van der Waals surface area contributed by atoms with Gasteiger partial charge in [-0.25, -0.2) is 0 Å². The van der Waals surface area contributed by atoms with Crippen LogP contribution in [0.2, 0.25) is 0 Å². The van der Waals surface area contributed by atoms with Gasteiger partial charge in [0.25, 0.3) is 0 Å². The van der Waals surface area contributed by atoms with Crippen LogP contribution in [0.25, 0.3) is 0 Å². The van der Waals surface area contributed by atoms with Crippen molar-refractivity contribution < 1.29 is 9.84 Å². The average Bonchev–Trinajstić information content (AvgIpc) is 2.34. The standard InChI is InChI=1S/C16H24O2/c1-16(2,3)14(17)10-9-13-7-4-6-12-8-5-11-18-15(12)13/h4,6-7,14,17H,5,8-11H2,1-3H3. The van der Waals surface area contributed by atoms with Crippen molar-refractivity contribution in [3.8, 4) is 5.75 Å². The lowest BCUT2D eigenvalue weighted by molar-refractivity contribution is 0.0558. The van der Waals surface area contributed by atoms with E-state index >= 15 is 0 Å². The highest BCUT2D eigenvalue weighted by Crippen LogP contribution is 2.31. The van der Waals surface area contributed by atoms with Gasteiger partial charge in [-0.15, -0.1) is 0 Å². The summed E-state index contributed by atoms with van der Waals surface area (Å²) in [6.45, 7) is 7.06. The lowest BCUT2D eigenvalue weighted by atomic mass is 9.85. The number of rotatable bonds is 3. The summed E-state index contributed by atoms with van der Waals surface area (Å²) in [6.07, 6.45) is 3.65. The Labute approximate surface area is 110 Å². The second kappa shape index (κ2) is 5.31. The molecule has 2 rings (SSSR count). The molecular weight excluding hydrogens is 224 g/mol. The smallest absolute Gasteiger partial charge is 0.125 e. The van der Waals surface area contributed by atoms with Crippen LogP contribution in [0.5, 0.6) is 5.75 Å². The lowest BCUT2D eigenvalue weighted by Gasteiger charge is -2.26. The Bertz CT molecular complexity index is 404. The van der Waals surface area contributed by atoms with Crippen molar-refractivity contribution in [1.29, 1.82) is 0 Å². The van der Waals surface area contributed by atoms with Gasteiger partial charge in [0.2, 0.25) is 0 Å². The van der Waals surface area contributed by atoms with Gasteiger partial charge in [-0.3, -0.25) is 0 Å². The van der Waals surface area contributed by atoms with Crippen LogP contribution < -0.4 is 4.74 Å². The van der Waals surface area contributed by atoms with Crippen molar-refractivity contribution in [3.05, 3.63) is 29.3 Å². The van der Waals surface area contributed by atoms with Crippen molar-refractivity contribution in [3.63, 3.8) is 0 Å². The van der Waals surface area contributed by atoms with Crippen LogP contribution in [0.15, 0.2) is 18.2 Å². The highest BCUT2D eigenvalue weighted by Gasteiger charge is 2.22. The summed E-state index contributed by atoms with van der Waals surface area (Å²) in [5.41, 5.74) is 2.52. The molecule has 1 aromatic rings. The third kappa shape index (κ3) is 3.05. The van der Waals surface area contributed by atoms with Gasteiger partial charge < -0.3 is 9.84 Å². The molecule has 0 radical (unpaired) electrons. The van der Waals surface area contributed by atoms with E-state index < -0.39 is 0 Å². The highest BCUT2D eigenvalue weighted by molar-refractivity contribution is 5.42. The molecule has 2 heteroatoms. The molecule has 1 aromatic carbocycles. The molecule has 1 heterocycles. The number of hydrogen-bond donors (Lipinski definition) is 1. The van der Waals surface area contributed by atoms with Gasteiger partial charge >= 0.3 is 0 Å². The van der Waals surface area contributed by atoms with E-state index in [0.29, 0.717) is 0 Å². The Hall–Kier alpha value is -1.02. The summed E-state index contributed by atoms with van der Waals surface area (Å²) in [7, 11) is 0. The minimum Gasteiger partial charge on any atom is -0.493 e. The minimum absolute atomic E-state index is 0.0459. The monoisotopic (exact) mass is 248 g/mol. The molecule has 1 aliphatic heterocycles. The number of aliphatic hydroxyl groups excluding tert-OH is 1. The average molecular weight is 248 g/mol. The van der Waals surface area contributed by atoms with Gasteiger partial charge in [-0.1, -0.05) is 39.0 Å². The quantitative estimate of drug-likeness (QED) is 0.889. The van der Waals surface area contributed by atoms with E-state index in [9.17, 15) is 5.11 Å². The molecule has 2 nitrogen and oxygen atoms in total. The van der Waals surface area contributed by atoms with Crippen LogP contribution in [-0.2, 0) is 12.8 Å². The van der Waals surface area contributed by atoms with Crippen LogP contribution >= 0.6 is 0 Å². The van der Waals surface area contributed by atoms with Crippen molar-refractivity contribution in [2.45, 2.75) is 52.6 Å². The van der Waals surface area contributed by atoms with Crippen LogP contribution in [0.3, 0.4) is 0 Å². The number of aryl methyl sites for hydroxylation is 2. The number of aliphatic hydroxyl groups is 1. The highest BCUT2D eigenvalue weighted by atomic mass is 16.5. The number of ether oxygens (including phenoxy) is 1. The molecule has 0 fully saturated rings. The molecule has 0 spiro atoms. The summed E-state index contributed by atoms with van der Waals surface area (Å²) in [5, 5.41) is 10.1. The van der Waals surface area contributed by atoms with Crippen LogP contribution in [-0.4, -0.2) is 17.8 Å². The Morgan fingerprint density at radius 1 is 1.33 bits per heavy atom. The molecule has 1 atom stereocenters. The van der Waals surface area contributed by atoms with Crippen LogP contribution in [0, 0.1) is 5.41 Å². The predicted octanol–water partition coefficient (Wildman–Crippen LogP) is 3.35. The first-order valence-corrected chi connectivity index (χ1v) is 6.90. The molecule has 1 N–H and O–H groups in total. The Kier molecular flexibility index (Phi) is 3.96. The molecule has 0 bridgehead atoms. The fourth-order valence-corrected chi connectivity index (χ4v) is 2.38. The van der Waals surface area contributed by atoms with Gasteiger partial charge in [0.1, 0.15) is 5.75 Å². The van der Waals surface area contributed by atoms with Crippen molar-refractivity contribution in [1.82, 2.24) is 0 Å². The molecule has 1 aliphatic rings. The third-order valence-corrected chi connectivity index (χ3v) is 3.70. The summed E-state index contributed by atoms with van der Waals surface area (Å²) < 4.78 is 5.79. The lowest BCUT2D eigenvalue weighted by Crippen LogP contribution is -2.26. The van der Waals surface area contributed by atoms with Crippen LogP contribution in [0.1, 0.15) is 44.7 Å². The fraction of sp³-hybridized carbons (Fsp3) is 0.625. The van der Waals surface area contributed by atoms with Crippen molar-refractivity contribution in [2.75, 3.05) is 6.61 Å². The van der Waals surface area contributed by atoms with Gasteiger partial charge in [-0.05, 0) is 42.2 Å². The van der Waals surface area contributed by atoms with E-state index in [4.69, 9.17) is 4.74 Å².